The van der Waals surface area contributed by atoms with Crippen LogP contribution in [0.5, 0.6) is 0 Å². The minimum Gasteiger partial charge on any atom is -0.469 e. The summed E-state index contributed by atoms with van der Waals surface area (Å²) in [5, 5.41) is 0.906. The lowest BCUT2D eigenvalue weighted by Gasteiger charge is -2.15. The van der Waals surface area contributed by atoms with Gasteiger partial charge in [0, 0.05) is 30.0 Å². The van der Waals surface area contributed by atoms with Crippen molar-refractivity contribution in [2.75, 3.05) is 25.1 Å². The molecule has 0 bridgehead atoms. The monoisotopic (exact) mass is 283 g/mol. The first-order valence-electron chi connectivity index (χ1n) is 6.50. The van der Waals surface area contributed by atoms with Crippen molar-refractivity contribution >= 4 is 22.6 Å². The van der Waals surface area contributed by atoms with Crippen molar-refractivity contribution < 1.29 is 9.53 Å². The summed E-state index contributed by atoms with van der Waals surface area (Å²) in [6, 6.07) is 0. The third kappa shape index (κ3) is 2.88. The van der Waals surface area contributed by atoms with Gasteiger partial charge in [0.05, 0.1) is 13.0 Å². The molecular weight excluding hydrogens is 262 g/mol. The highest BCUT2D eigenvalue weighted by Gasteiger charge is 2.37. The molecule has 2 heterocycles. The number of methoxy groups -OCH3 is 1. The van der Waals surface area contributed by atoms with E-state index in [2.05, 4.69) is 42.0 Å². The van der Waals surface area contributed by atoms with Gasteiger partial charge in [-0.2, -0.15) is 4.37 Å². The van der Waals surface area contributed by atoms with Gasteiger partial charge in [0.15, 0.2) is 0 Å². The highest BCUT2D eigenvalue weighted by atomic mass is 32.1. The van der Waals surface area contributed by atoms with Crippen LogP contribution < -0.4 is 4.90 Å². The van der Waals surface area contributed by atoms with Gasteiger partial charge in [-0.15, -0.1) is 0 Å². The molecule has 0 radical (unpaired) electrons. The molecule has 0 aliphatic carbocycles. The molecule has 106 valence electrons. The summed E-state index contributed by atoms with van der Waals surface area (Å²) in [5.41, 5.74) is -0.0398. The number of aromatic nitrogens is 2. The Morgan fingerprint density at radius 3 is 2.63 bits per heavy atom. The molecule has 1 aromatic heterocycles. The van der Waals surface area contributed by atoms with Gasteiger partial charge in [0.25, 0.3) is 0 Å². The van der Waals surface area contributed by atoms with Crippen molar-refractivity contribution in [3.8, 4) is 0 Å². The number of esters is 1. The summed E-state index contributed by atoms with van der Waals surface area (Å²) in [6.45, 7) is 9.88. The second-order valence-electron chi connectivity index (χ2n) is 6.16. The lowest BCUT2D eigenvalue weighted by atomic mass is 9.96. The highest BCUT2D eigenvalue weighted by Crippen LogP contribution is 2.31. The van der Waals surface area contributed by atoms with Crippen molar-refractivity contribution in [2.24, 2.45) is 11.8 Å². The summed E-state index contributed by atoms with van der Waals surface area (Å²) in [4.78, 5) is 18.4. The third-order valence-corrected chi connectivity index (χ3v) is 4.25. The minimum atomic E-state index is -0.129. The first-order chi connectivity index (χ1) is 8.82. The van der Waals surface area contributed by atoms with Gasteiger partial charge in [-0.05, 0) is 5.92 Å². The average molecular weight is 283 g/mol. The predicted molar refractivity (Wildman–Crippen MR) is 75.5 cm³/mol. The molecule has 0 spiro atoms. The van der Waals surface area contributed by atoms with E-state index in [0.717, 1.165) is 17.5 Å². The molecule has 1 aliphatic heterocycles. The van der Waals surface area contributed by atoms with E-state index in [0.29, 0.717) is 6.54 Å². The van der Waals surface area contributed by atoms with Crippen LogP contribution in [0.1, 0.15) is 33.5 Å². The quantitative estimate of drug-likeness (QED) is 0.778. The van der Waals surface area contributed by atoms with E-state index < -0.39 is 0 Å². The van der Waals surface area contributed by atoms with E-state index in [1.807, 2.05) is 0 Å². The molecule has 0 amide bonds. The smallest absolute Gasteiger partial charge is 0.310 e. The molecule has 1 aliphatic rings. The van der Waals surface area contributed by atoms with Crippen LogP contribution in [0.4, 0.5) is 5.13 Å². The number of ether oxygens (including phenoxy) is 1. The molecule has 1 aromatic rings. The van der Waals surface area contributed by atoms with Crippen molar-refractivity contribution in [3.05, 3.63) is 5.82 Å². The number of hydrogen-bond donors (Lipinski definition) is 0. The molecule has 0 aromatic carbocycles. The van der Waals surface area contributed by atoms with Gasteiger partial charge < -0.3 is 9.64 Å². The second kappa shape index (κ2) is 5.07. The number of carbonyl (C=O) groups is 1. The Labute approximate surface area is 118 Å². The van der Waals surface area contributed by atoms with Gasteiger partial charge in [-0.1, -0.05) is 27.7 Å². The van der Waals surface area contributed by atoms with E-state index >= 15 is 0 Å². The topological polar surface area (TPSA) is 55.3 Å². The van der Waals surface area contributed by atoms with Gasteiger partial charge in [0.2, 0.25) is 5.13 Å². The lowest BCUT2D eigenvalue weighted by molar-refractivity contribution is -0.145. The summed E-state index contributed by atoms with van der Waals surface area (Å²) in [6.07, 6.45) is 0. The van der Waals surface area contributed by atoms with E-state index in [4.69, 9.17) is 4.74 Å². The minimum absolute atomic E-state index is 0.0398. The first kappa shape index (κ1) is 14.2. The fourth-order valence-electron chi connectivity index (χ4n) is 2.23. The Bertz CT molecular complexity index is 467. The molecule has 19 heavy (non-hydrogen) atoms. The molecule has 1 saturated heterocycles. The van der Waals surface area contributed by atoms with Crippen LogP contribution in [0.25, 0.3) is 0 Å². The van der Waals surface area contributed by atoms with E-state index in [-0.39, 0.29) is 23.2 Å². The second-order valence-corrected chi connectivity index (χ2v) is 6.89. The van der Waals surface area contributed by atoms with E-state index in [1.165, 1.54) is 18.6 Å². The fourth-order valence-corrected chi connectivity index (χ4v) is 3.10. The molecule has 1 fully saturated rings. The van der Waals surface area contributed by atoms with Gasteiger partial charge in [0.1, 0.15) is 5.82 Å². The largest absolute Gasteiger partial charge is 0.469 e. The molecule has 2 rings (SSSR count). The Morgan fingerprint density at radius 2 is 2.11 bits per heavy atom. The summed E-state index contributed by atoms with van der Waals surface area (Å²) in [5.74, 6) is 0.957. The number of carbonyl (C=O) groups excluding carboxylic acids is 1. The van der Waals surface area contributed by atoms with Gasteiger partial charge in [-0.25, -0.2) is 4.98 Å². The summed E-state index contributed by atoms with van der Waals surface area (Å²) < 4.78 is 9.27. The molecule has 2 unspecified atom stereocenters. The predicted octanol–water partition coefficient (Wildman–Crippen LogP) is 2.08. The van der Waals surface area contributed by atoms with Crippen LogP contribution >= 0.6 is 11.5 Å². The maximum atomic E-state index is 11.7. The SMILES string of the molecule is COC(=O)C1CN(c2nc(C(C)(C)C)ns2)CC1C. The van der Waals surface area contributed by atoms with E-state index in [1.54, 1.807) is 0 Å². The van der Waals surface area contributed by atoms with E-state index in [9.17, 15) is 4.79 Å². The molecule has 5 nitrogen and oxygen atoms in total. The zero-order valence-electron chi connectivity index (χ0n) is 12.1. The summed E-state index contributed by atoms with van der Waals surface area (Å²) >= 11 is 1.41. The molecular formula is C13H21N3O2S. The van der Waals surface area contributed by atoms with Crippen molar-refractivity contribution in [1.82, 2.24) is 9.36 Å². The number of anilines is 1. The van der Waals surface area contributed by atoms with Crippen molar-refractivity contribution in [2.45, 2.75) is 33.1 Å². The molecule has 2 atom stereocenters. The van der Waals surface area contributed by atoms with Crippen molar-refractivity contribution in [3.63, 3.8) is 0 Å². The molecule has 6 heteroatoms. The van der Waals surface area contributed by atoms with Crippen molar-refractivity contribution in [1.29, 1.82) is 0 Å². The number of rotatable bonds is 2. The fraction of sp³-hybridized carbons (Fsp3) is 0.769. The summed E-state index contributed by atoms with van der Waals surface area (Å²) in [7, 11) is 1.44. The van der Waals surface area contributed by atoms with Crippen LogP contribution in [0, 0.1) is 11.8 Å². The Balaban J connectivity index is 2.12. The standard InChI is InChI=1S/C13H21N3O2S/c1-8-6-16(7-9(8)10(17)18-5)12-14-11(15-19-12)13(2,3)4/h8-9H,6-7H2,1-5H3. The zero-order chi connectivity index (χ0) is 14.2. The highest BCUT2D eigenvalue weighted by molar-refractivity contribution is 7.09. The van der Waals surface area contributed by atoms with Crippen LogP contribution in [0.3, 0.4) is 0 Å². The normalized spacial score (nSPS) is 23.7. The maximum Gasteiger partial charge on any atom is 0.310 e. The maximum absolute atomic E-state index is 11.7. The Hall–Kier alpha value is -1.17. The molecule has 0 N–H and O–H groups in total. The lowest BCUT2D eigenvalue weighted by Crippen LogP contribution is -2.24. The Morgan fingerprint density at radius 1 is 1.42 bits per heavy atom. The van der Waals surface area contributed by atoms with Crippen LogP contribution in [-0.2, 0) is 14.9 Å². The first-order valence-corrected chi connectivity index (χ1v) is 7.27. The van der Waals surface area contributed by atoms with Crippen LogP contribution in [-0.4, -0.2) is 35.5 Å². The third-order valence-electron chi connectivity index (χ3n) is 3.47. The molecule has 0 saturated carbocycles. The van der Waals surface area contributed by atoms with Crippen LogP contribution in [0.15, 0.2) is 0 Å². The average Bonchev–Trinajstić information content (AvgIpc) is 2.93. The van der Waals surface area contributed by atoms with Crippen LogP contribution in [0.2, 0.25) is 0 Å². The number of nitrogens with zero attached hydrogens (tertiary/aromatic N) is 3. The van der Waals surface area contributed by atoms with Gasteiger partial charge >= 0.3 is 5.97 Å². The van der Waals surface area contributed by atoms with Gasteiger partial charge in [-0.3, -0.25) is 4.79 Å². The Kier molecular flexibility index (Phi) is 3.80. The zero-order valence-corrected chi connectivity index (χ0v) is 13.0. The number of hydrogen-bond acceptors (Lipinski definition) is 6.